The van der Waals surface area contributed by atoms with E-state index in [1.165, 1.54) is 19.3 Å². The Kier molecular flexibility index (Phi) is 6.56. The Morgan fingerprint density at radius 1 is 1.14 bits per heavy atom. The highest BCUT2D eigenvalue weighted by Crippen LogP contribution is 2.30. The van der Waals surface area contributed by atoms with Crippen molar-refractivity contribution in [2.24, 2.45) is 0 Å². The highest BCUT2D eigenvalue weighted by Gasteiger charge is 2.33. The van der Waals surface area contributed by atoms with Crippen LogP contribution in [-0.2, 0) is 9.47 Å². The SMILES string of the molecule is CCCCCCC1(C=Cc2ccc(Cl)cc2Cl)OCCO1. The van der Waals surface area contributed by atoms with Gasteiger partial charge in [-0.15, -0.1) is 0 Å². The molecule has 1 aliphatic rings. The van der Waals surface area contributed by atoms with Crippen molar-refractivity contribution in [3.05, 3.63) is 39.9 Å². The van der Waals surface area contributed by atoms with Gasteiger partial charge in [0.1, 0.15) is 0 Å². The van der Waals surface area contributed by atoms with Crippen molar-refractivity contribution in [1.82, 2.24) is 0 Å². The van der Waals surface area contributed by atoms with Crippen molar-refractivity contribution in [2.45, 2.75) is 44.8 Å². The molecule has 1 heterocycles. The lowest BCUT2D eigenvalue weighted by atomic mass is 10.0. The molecule has 1 aromatic rings. The molecule has 116 valence electrons. The van der Waals surface area contributed by atoms with Gasteiger partial charge in [0.05, 0.1) is 13.2 Å². The van der Waals surface area contributed by atoms with E-state index < -0.39 is 5.79 Å². The van der Waals surface area contributed by atoms with E-state index in [4.69, 9.17) is 32.7 Å². The summed E-state index contributed by atoms with van der Waals surface area (Å²) >= 11 is 12.1. The van der Waals surface area contributed by atoms with Gasteiger partial charge in [-0.2, -0.15) is 0 Å². The number of hydrogen-bond acceptors (Lipinski definition) is 2. The Bertz CT molecular complexity index is 480. The second-order valence-electron chi connectivity index (χ2n) is 5.32. The molecule has 0 radical (unpaired) electrons. The van der Waals surface area contributed by atoms with Crippen LogP contribution in [0.1, 0.15) is 44.6 Å². The van der Waals surface area contributed by atoms with Crippen LogP contribution in [0.15, 0.2) is 24.3 Å². The third kappa shape index (κ3) is 5.00. The molecule has 0 saturated carbocycles. The zero-order valence-electron chi connectivity index (χ0n) is 12.4. The number of benzene rings is 1. The van der Waals surface area contributed by atoms with Crippen LogP contribution in [0.4, 0.5) is 0 Å². The van der Waals surface area contributed by atoms with Crippen LogP contribution in [0.25, 0.3) is 6.08 Å². The normalized spacial score (nSPS) is 17.7. The second kappa shape index (κ2) is 8.19. The van der Waals surface area contributed by atoms with Gasteiger partial charge >= 0.3 is 0 Å². The van der Waals surface area contributed by atoms with E-state index in [0.29, 0.717) is 23.3 Å². The van der Waals surface area contributed by atoms with E-state index in [1.807, 2.05) is 24.3 Å². The van der Waals surface area contributed by atoms with Gasteiger partial charge in [0.25, 0.3) is 0 Å². The molecule has 0 unspecified atom stereocenters. The molecule has 4 heteroatoms. The van der Waals surface area contributed by atoms with Crippen LogP contribution in [0.3, 0.4) is 0 Å². The maximum absolute atomic E-state index is 6.19. The number of rotatable bonds is 7. The topological polar surface area (TPSA) is 18.5 Å². The lowest BCUT2D eigenvalue weighted by molar-refractivity contribution is -0.121. The van der Waals surface area contributed by atoms with Crippen molar-refractivity contribution in [3.8, 4) is 0 Å². The number of hydrogen-bond donors (Lipinski definition) is 0. The Morgan fingerprint density at radius 3 is 2.57 bits per heavy atom. The summed E-state index contributed by atoms with van der Waals surface area (Å²) in [5, 5.41) is 1.28. The van der Waals surface area contributed by atoms with E-state index in [2.05, 4.69) is 6.92 Å². The lowest BCUT2D eigenvalue weighted by Crippen LogP contribution is -2.27. The zero-order valence-corrected chi connectivity index (χ0v) is 13.9. The molecular weight excluding hydrogens is 307 g/mol. The fourth-order valence-corrected chi connectivity index (χ4v) is 2.92. The minimum atomic E-state index is -0.587. The first kappa shape index (κ1) is 16.8. The van der Waals surface area contributed by atoms with Gasteiger partial charge in [0, 0.05) is 16.5 Å². The van der Waals surface area contributed by atoms with E-state index in [1.54, 1.807) is 6.07 Å². The van der Waals surface area contributed by atoms with Gasteiger partial charge in [-0.05, 0) is 30.2 Å². The summed E-state index contributed by atoms with van der Waals surface area (Å²) in [5.74, 6) is -0.587. The van der Waals surface area contributed by atoms with E-state index in [9.17, 15) is 0 Å². The van der Waals surface area contributed by atoms with Crippen molar-refractivity contribution in [1.29, 1.82) is 0 Å². The summed E-state index contributed by atoms with van der Waals surface area (Å²) < 4.78 is 11.7. The molecule has 0 aromatic heterocycles. The molecule has 0 atom stereocenters. The summed E-state index contributed by atoms with van der Waals surface area (Å²) in [4.78, 5) is 0. The minimum absolute atomic E-state index is 0.587. The fourth-order valence-electron chi connectivity index (χ4n) is 2.45. The van der Waals surface area contributed by atoms with Gasteiger partial charge in [-0.3, -0.25) is 0 Å². The predicted molar refractivity (Wildman–Crippen MR) is 88.9 cm³/mol. The van der Waals surface area contributed by atoms with Crippen LogP contribution in [-0.4, -0.2) is 19.0 Å². The predicted octanol–water partition coefficient (Wildman–Crippen LogP) is 5.72. The summed E-state index contributed by atoms with van der Waals surface area (Å²) in [5.41, 5.74) is 0.924. The first-order valence-electron chi connectivity index (χ1n) is 7.57. The molecule has 2 rings (SSSR count). The van der Waals surface area contributed by atoms with Crippen LogP contribution in [0.5, 0.6) is 0 Å². The van der Waals surface area contributed by atoms with Crippen molar-refractivity contribution >= 4 is 29.3 Å². The standard InChI is InChI=1S/C17H22Cl2O2/c1-2-3-4-5-9-17(20-11-12-21-17)10-8-14-6-7-15(18)13-16(14)19/h6-8,10,13H,2-5,9,11-12H2,1H3. The molecular formula is C17H22Cl2O2. The van der Waals surface area contributed by atoms with E-state index in [-0.39, 0.29) is 0 Å². The van der Waals surface area contributed by atoms with E-state index >= 15 is 0 Å². The average molecular weight is 329 g/mol. The molecule has 1 aliphatic heterocycles. The molecule has 0 spiro atoms. The van der Waals surface area contributed by atoms with Crippen molar-refractivity contribution in [3.63, 3.8) is 0 Å². The highest BCUT2D eigenvalue weighted by atomic mass is 35.5. The summed E-state index contributed by atoms with van der Waals surface area (Å²) in [6, 6.07) is 5.48. The van der Waals surface area contributed by atoms with Gasteiger partial charge in [-0.25, -0.2) is 0 Å². The van der Waals surface area contributed by atoms with Crippen molar-refractivity contribution < 1.29 is 9.47 Å². The Hall–Kier alpha value is -0.540. The zero-order chi connectivity index (χ0) is 15.1. The second-order valence-corrected chi connectivity index (χ2v) is 6.16. The number of unbranched alkanes of at least 4 members (excludes halogenated alkanes) is 3. The van der Waals surface area contributed by atoms with Crippen LogP contribution < -0.4 is 0 Å². The molecule has 0 N–H and O–H groups in total. The summed E-state index contributed by atoms with van der Waals surface area (Å²) in [7, 11) is 0. The van der Waals surface area contributed by atoms with Crippen molar-refractivity contribution in [2.75, 3.05) is 13.2 Å². The quantitative estimate of drug-likeness (QED) is 0.596. The molecule has 1 aromatic carbocycles. The Balaban J connectivity index is 2.03. The van der Waals surface area contributed by atoms with Gasteiger partial charge in [0.15, 0.2) is 5.79 Å². The Labute approximate surface area is 137 Å². The summed E-state index contributed by atoms with van der Waals surface area (Å²) in [6.45, 7) is 3.50. The third-order valence-electron chi connectivity index (χ3n) is 3.63. The maximum Gasteiger partial charge on any atom is 0.188 e. The lowest BCUT2D eigenvalue weighted by Gasteiger charge is -2.23. The largest absolute Gasteiger partial charge is 0.344 e. The van der Waals surface area contributed by atoms with Gasteiger partial charge < -0.3 is 9.47 Å². The maximum atomic E-state index is 6.19. The molecule has 0 amide bonds. The highest BCUT2D eigenvalue weighted by molar-refractivity contribution is 6.35. The minimum Gasteiger partial charge on any atom is -0.344 e. The molecule has 1 fully saturated rings. The summed E-state index contributed by atoms with van der Waals surface area (Å²) in [6.07, 6.45) is 9.63. The van der Waals surface area contributed by atoms with Gasteiger partial charge in [0.2, 0.25) is 0 Å². The molecule has 2 nitrogen and oxygen atoms in total. The molecule has 21 heavy (non-hydrogen) atoms. The Morgan fingerprint density at radius 2 is 1.90 bits per heavy atom. The van der Waals surface area contributed by atoms with Crippen LogP contribution >= 0.6 is 23.2 Å². The average Bonchev–Trinajstić information content (AvgIpc) is 2.92. The van der Waals surface area contributed by atoms with Crippen LogP contribution in [0, 0.1) is 0 Å². The van der Waals surface area contributed by atoms with Gasteiger partial charge in [-0.1, -0.05) is 61.5 Å². The monoisotopic (exact) mass is 328 g/mol. The van der Waals surface area contributed by atoms with Crippen LogP contribution in [0.2, 0.25) is 10.0 Å². The molecule has 1 saturated heterocycles. The number of halogens is 2. The first-order chi connectivity index (χ1) is 10.2. The number of ether oxygens (including phenoxy) is 2. The molecule has 0 aliphatic carbocycles. The smallest absolute Gasteiger partial charge is 0.188 e. The first-order valence-corrected chi connectivity index (χ1v) is 8.33. The fraction of sp³-hybridized carbons (Fsp3) is 0.529. The third-order valence-corrected chi connectivity index (χ3v) is 4.20. The molecule has 0 bridgehead atoms. The van der Waals surface area contributed by atoms with E-state index in [0.717, 1.165) is 18.4 Å².